The smallest absolute Gasteiger partial charge is 0.326 e. The van der Waals surface area contributed by atoms with Crippen LogP contribution in [0.2, 0.25) is 0 Å². The molecule has 8 N–H and O–H groups in total. The first kappa shape index (κ1) is 26.7. The number of likely N-dealkylation sites (tertiary alicyclic amines) is 1. The number of nitrogens with one attached hydrogen (secondary N) is 2. The third-order valence-electron chi connectivity index (χ3n) is 4.93. The van der Waals surface area contributed by atoms with Crippen molar-refractivity contribution in [3.8, 4) is 0 Å². The van der Waals surface area contributed by atoms with Gasteiger partial charge in [0.05, 0.1) is 12.5 Å². The second kappa shape index (κ2) is 13.1. The number of hydrogen-bond acceptors (Lipinski definition) is 8. The van der Waals surface area contributed by atoms with Crippen LogP contribution in [0.25, 0.3) is 0 Å². The van der Waals surface area contributed by atoms with Gasteiger partial charge in [-0.15, -0.1) is 0 Å². The van der Waals surface area contributed by atoms with E-state index >= 15 is 0 Å². The zero-order valence-electron chi connectivity index (χ0n) is 17.2. The van der Waals surface area contributed by atoms with Crippen LogP contribution in [0.15, 0.2) is 0 Å². The van der Waals surface area contributed by atoms with E-state index in [1.54, 1.807) is 0 Å². The second-order valence-corrected chi connectivity index (χ2v) is 7.69. The molecule has 1 aliphatic heterocycles. The van der Waals surface area contributed by atoms with Crippen molar-refractivity contribution in [1.82, 2.24) is 15.5 Å². The monoisotopic (exact) mass is 461 g/mol. The lowest BCUT2D eigenvalue weighted by atomic mass is 10.1. The van der Waals surface area contributed by atoms with E-state index in [4.69, 9.17) is 16.6 Å². The molecule has 12 nitrogen and oxygen atoms in total. The minimum atomic E-state index is -1.41. The molecule has 0 saturated carbocycles. The molecule has 0 aliphatic carbocycles. The zero-order chi connectivity index (χ0) is 23.6. The lowest BCUT2D eigenvalue weighted by Gasteiger charge is -2.29. The summed E-state index contributed by atoms with van der Waals surface area (Å²) in [6.45, 7) is 0.575. The summed E-state index contributed by atoms with van der Waals surface area (Å²) in [6, 6.07) is -4.53. The van der Waals surface area contributed by atoms with E-state index in [0.29, 0.717) is 25.8 Å². The van der Waals surface area contributed by atoms with Gasteiger partial charge in [-0.2, -0.15) is 12.6 Å². The van der Waals surface area contributed by atoms with Gasteiger partial charge in [0.1, 0.15) is 18.1 Å². The van der Waals surface area contributed by atoms with E-state index < -0.39 is 60.2 Å². The molecule has 31 heavy (non-hydrogen) atoms. The maximum absolute atomic E-state index is 13.0. The minimum absolute atomic E-state index is 0.00467. The number of nitrogens with two attached hydrogens (primary N) is 2. The number of thiol groups is 1. The third kappa shape index (κ3) is 8.34. The van der Waals surface area contributed by atoms with Gasteiger partial charge in [-0.1, -0.05) is 0 Å². The fourth-order valence-corrected chi connectivity index (χ4v) is 3.42. The third-order valence-corrected chi connectivity index (χ3v) is 5.32. The van der Waals surface area contributed by atoms with Crippen LogP contribution in [-0.2, 0) is 24.0 Å². The highest BCUT2D eigenvalue weighted by atomic mass is 32.1. The summed E-state index contributed by atoms with van der Waals surface area (Å²) in [5.74, 6) is -4.63. The van der Waals surface area contributed by atoms with Crippen molar-refractivity contribution in [2.75, 3.05) is 18.8 Å². The van der Waals surface area contributed by atoms with Gasteiger partial charge < -0.3 is 37.2 Å². The number of carbonyl (C=O) groups is 5. The summed E-state index contributed by atoms with van der Waals surface area (Å²) in [5, 5.41) is 23.2. The summed E-state index contributed by atoms with van der Waals surface area (Å²) < 4.78 is 0. The first-order chi connectivity index (χ1) is 14.6. The molecule has 13 heteroatoms. The normalized spacial score (nSPS) is 18.7. The lowest BCUT2D eigenvalue weighted by molar-refractivity contribution is -0.147. The van der Waals surface area contributed by atoms with Gasteiger partial charge in [0.2, 0.25) is 17.7 Å². The van der Waals surface area contributed by atoms with Crippen LogP contribution in [0, 0.1) is 0 Å². The number of carboxylic acids is 2. The SMILES string of the molecule is NCCCCC(NC(=O)C1CCCN1C(=O)C(CC(=O)O)NC(=O)C(N)CS)C(=O)O. The van der Waals surface area contributed by atoms with Crippen LogP contribution in [-0.4, -0.2) is 87.8 Å². The van der Waals surface area contributed by atoms with Gasteiger partial charge >= 0.3 is 11.9 Å². The predicted molar refractivity (Wildman–Crippen MR) is 113 cm³/mol. The van der Waals surface area contributed by atoms with Gasteiger partial charge in [0.15, 0.2) is 0 Å². The minimum Gasteiger partial charge on any atom is -0.481 e. The van der Waals surface area contributed by atoms with Crippen LogP contribution in [0.3, 0.4) is 0 Å². The van der Waals surface area contributed by atoms with Crippen molar-refractivity contribution in [3.05, 3.63) is 0 Å². The summed E-state index contributed by atoms with van der Waals surface area (Å²) in [4.78, 5) is 61.5. The zero-order valence-corrected chi connectivity index (χ0v) is 18.1. The first-order valence-corrected chi connectivity index (χ1v) is 10.7. The van der Waals surface area contributed by atoms with E-state index in [-0.39, 0.29) is 25.1 Å². The topological polar surface area (TPSA) is 205 Å². The van der Waals surface area contributed by atoms with Gasteiger partial charge in [-0.25, -0.2) is 4.79 Å². The molecule has 1 aliphatic rings. The fraction of sp³-hybridized carbons (Fsp3) is 0.722. The van der Waals surface area contributed by atoms with E-state index in [0.717, 1.165) is 0 Å². The lowest BCUT2D eigenvalue weighted by Crippen LogP contribution is -2.57. The van der Waals surface area contributed by atoms with Crippen LogP contribution >= 0.6 is 12.6 Å². The number of rotatable bonds is 13. The highest BCUT2D eigenvalue weighted by molar-refractivity contribution is 7.80. The molecular weight excluding hydrogens is 430 g/mol. The van der Waals surface area contributed by atoms with Gasteiger partial charge in [-0.05, 0) is 38.6 Å². The maximum atomic E-state index is 13.0. The molecule has 0 aromatic heterocycles. The summed E-state index contributed by atoms with van der Waals surface area (Å²) in [6.07, 6.45) is 1.39. The molecule has 0 radical (unpaired) electrons. The molecule has 1 heterocycles. The van der Waals surface area contributed by atoms with E-state index in [2.05, 4.69) is 23.3 Å². The highest BCUT2D eigenvalue weighted by Gasteiger charge is 2.39. The molecule has 4 atom stereocenters. The van der Waals surface area contributed by atoms with Crippen molar-refractivity contribution in [3.63, 3.8) is 0 Å². The van der Waals surface area contributed by atoms with Crippen molar-refractivity contribution in [2.24, 2.45) is 11.5 Å². The fourth-order valence-electron chi connectivity index (χ4n) is 3.26. The number of nitrogens with zero attached hydrogens (tertiary/aromatic N) is 1. The second-order valence-electron chi connectivity index (χ2n) is 7.32. The predicted octanol–water partition coefficient (Wildman–Crippen LogP) is -2.11. The Morgan fingerprint density at radius 1 is 1.10 bits per heavy atom. The molecule has 1 rings (SSSR count). The Morgan fingerprint density at radius 2 is 1.77 bits per heavy atom. The Hall–Kier alpha value is -2.38. The molecule has 1 fully saturated rings. The average molecular weight is 462 g/mol. The molecule has 0 aromatic carbocycles. The van der Waals surface area contributed by atoms with Crippen LogP contribution in [0.5, 0.6) is 0 Å². The Morgan fingerprint density at radius 3 is 2.32 bits per heavy atom. The molecule has 3 amide bonds. The van der Waals surface area contributed by atoms with Crippen molar-refractivity contribution in [2.45, 2.75) is 62.7 Å². The van der Waals surface area contributed by atoms with E-state index in [9.17, 15) is 29.1 Å². The largest absolute Gasteiger partial charge is 0.481 e. The van der Waals surface area contributed by atoms with Crippen molar-refractivity contribution in [1.29, 1.82) is 0 Å². The Balaban J connectivity index is 2.90. The van der Waals surface area contributed by atoms with Crippen LogP contribution in [0.1, 0.15) is 38.5 Å². The quantitative estimate of drug-likeness (QED) is 0.118. The highest BCUT2D eigenvalue weighted by Crippen LogP contribution is 2.20. The Labute approximate surface area is 185 Å². The van der Waals surface area contributed by atoms with Gasteiger partial charge in [0.25, 0.3) is 0 Å². The van der Waals surface area contributed by atoms with E-state index in [1.165, 1.54) is 4.90 Å². The average Bonchev–Trinajstić information content (AvgIpc) is 3.20. The van der Waals surface area contributed by atoms with Crippen molar-refractivity contribution >= 4 is 42.3 Å². The Kier molecular flexibility index (Phi) is 11.3. The van der Waals surface area contributed by atoms with Gasteiger partial charge in [-0.3, -0.25) is 19.2 Å². The summed E-state index contributed by atoms with van der Waals surface area (Å²) >= 11 is 3.90. The first-order valence-electron chi connectivity index (χ1n) is 10.0. The number of carbonyl (C=O) groups excluding carboxylic acids is 3. The summed E-state index contributed by atoms with van der Waals surface area (Å²) in [5.41, 5.74) is 11.0. The molecule has 4 unspecified atom stereocenters. The van der Waals surface area contributed by atoms with E-state index in [1.807, 2.05) is 0 Å². The number of aliphatic carboxylic acids is 2. The molecule has 0 bridgehead atoms. The Bertz CT molecular complexity index is 678. The molecule has 0 aromatic rings. The molecular formula is C18H31N5O7S. The number of hydrogen-bond donors (Lipinski definition) is 7. The number of amides is 3. The molecule has 1 saturated heterocycles. The standard InChI is InChI=1S/C18H31N5O7S/c19-6-2-1-4-11(18(29)30)21-16(27)13-5-3-7-23(13)17(28)12(8-14(24)25)22-15(26)10(20)9-31/h10-13,31H,1-9,19-20H2,(H,21,27)(H,22,26)(H,24,25)(H,29,30). The van der Waals surface area contributed by atoms with Gasteiger partial charge in [0, 0.05) is 12.3 Å². The van der Waals surface area contributed by atoms with Crippen LogP contribution < -0.4 is 22.1 Å². The summed E-state index contributed by atoms with van der Waals surface area (Å²) in [7, 11) is 0. The molecule has 0 spiro atoms. The van der Waals surface area contributed by atoms with Crippen LogP contribution in [0.4, 0.5) is 0 Å². The maximum Gasteiger partial charge on any atom is 0.326 e. The number of carboxylic acid groups (broad SMARTS) is 2. The van der Waals surface area contributed by atoms with Crippen molar-refractivity contribution < 1.29 is 34.2 Å². The number of unbranched alkanes of at least 4 members (excludes halogenated alkanes) is 1. The molecule has 176 valence electrons.